The lowest BCUT2D eigenvalue weighted by molar-refractivity contribution is 0.660. The second-order valence-corrected chi connectivity index (χ2v) is 13.2. The molecule has 0 atom stereocenters. The molecule has 3 aromatic heterocycles. The number of fused-ring (bicyclic) bond motifs is 11. The molecule has 0 amide bonds. The van der Waals surface area contributed by atoms with E-state index in [0.717, 1.165) is 94.0 Å². The van der Waals surface area contributed by atoms with Gasteiger partial charge in [0.05, 0.1) is 16.5 Å². The van der Waals surface area contributed by atoms with E-state index in [9.17, 15) is 0 Å². The van der Waals surface area contributed by atoms with Gasteiger partial charge >= 0.3 is 0 Å². The quantitative estimate of drug-likeness (QED) is 0.183. The first kappa shape index (κ1) is 28.8. The zero-order valence-electron chi connectivity index (χ0n) is 27.9. The fourth-order valence-electron chi connectivity index (χ4n) is 7.89. The van der Waals surface area contributed by atoms with Gasteiger partial charge in [-0.3, -0.25) is 0 Å². The summed E-state index contributed by atoms with van der Waals surface area (Å²) >= 11 is 0. The van der Waals surface area contributed by atoms with Gasteiger partial charge in [-0.2, -0.15) is 0 Å². The van der Waals surface area contributed by atoms with Crippen LogP contribution in [-0.2, 0) is 0 Å². The standard InChI is InChI=1S/C48H29NO3/c1-3-11-30(12-4-1)32-19-23-34(24-20-32)49(35-25-21-33(22-26-35)31-13-5-2-6-14-31)38-29-43-47(48-44(38)36-15-7-10-18-40(36)52-48)46-42(51-43)28-27-41-45(46)37-16-8-9-17-39(37)50-41/h1-29H. The number of anilines is 3. The minimum absolute atomic E-state index is 0.751. The SMILES string of the molecule is c1ccc(-c2ccc(N(c3ccc(-c4ccccc4)cc3)c3cc4oc5ccc6oc7ccccc7c6c5c4c4oc5ccccc5c34)cc2)cc1. The number of para-hydroxylation sites is 2. The van der Waals surface area contributed by atoms with E-state index < -0.39 is 0 Å². The number of hydrogen-bond acceptors (Lipinski definition) is 4. The Bertz CT molecular complexity index is 3010. The fraction of sp³-hybridized carbons (Fsp3) is 0. The predicted molar refractivity (Wildman–Crippen MR) is 214 cm³/mol. The van der Waals surface area contributed by atoms with Gasteiger partial charge < -0.3 is 18.2 Å². The number of furan rings is 3. The Balaban J connectivity index is 1.21. The lowest BCUT2D eigenvalue weighted by Crippen LogP contribution is -2.10. The van der Waals surface area contributed by atoms with Crippen LogP contribution in [0.5, 0.6) is 0 Å². The first-order valence-electron chi connectivity index (χ1n) is 17.5. The van der Waals surface area contributed by atoms with Crippen molar-refractivity contribution in [1.29, 1.82) is 0 Å². The normalized spacial score (nSPS) is 11.8. The molecule has 0 spiro atoms. The van der Waals surface area contributed by atoms with Gasteiger partial charge in [0.2, 0.25) is 0 Å². The molecule has 0 aliphatic heterocycles. The number of benzene rings is 8. The molecule has 0 unspecified atom stereocenters. The maximum Gasteiger partial charge on any atom is 0.149 e. The van der Waals surface area contributed by atoms with Crippen molar-refractivity contribution in [1.82, 2.24) is 0 Å². The van der Waals surface area contributed by atoms with Gasteiger partial charge in [-0.1, -0.05) is 121 Å². The summed E-state index contributed by atoms with van der Waals surface area (Å²) in [4.78, 5) is 2.32. The molecule has 0 saturated heterocycles. The van der Waals surface area contributed by atoms with Crippen LogP contribution in [0.3, 0.4) is 0 Å². The van der Waals surface area contributed by atoms with E-state index in [2.05, 4.69) is 132 Å². The van der Waals surface area contributed by atoms with Crippen LogP contribution in [0, 0.1) is 0 Å². The van der Waals surface area contributed by atoms with Crippen LogP contribution in [0.1, 0.15) is 0 Å². The summed E-state index contributed by atoms with van der Waals surface area (Å²) in [5.74, 6) is 0. The molecule has 0 N–H and O–H groups in total. The van der Waals surface area contributed by atoms with Crippen LogP contribution >= 0.6 is 0 Å². The minimum atomic E-state index is 0.751. The number of rotatable bonds is 5. The Morgan fingerprint density at radius 1 is 0.308 bits per heavy atom. The predicted octanol–water partition coefficient (Wildman–Crippen LogP) is 14.2. The lowest BCUT2D eigenvalue weighted by atomic mass is 10.0. The van der Waals surface area contributed by atoms with Crippen molar-refractivity contribution in [2.45, 2.75) is 0 Å². The monoisotopic (exact) mass is 667 g/mol. The smallest absolute Gasteiger partial charge is 0.149 e. The molecule has 244 valence electrons. The van der Waals surface area contributed by atoms with Crippen molar-refractivity contribution in [3.8, 4) is 22.3 Å². The molecule has 3 heterocycles. The zero-order chi connectivity index (χ0) is 34.2. The molecular formula is C48H29NO3. The number of hydrogen-bond donors (Lipinski definition) is 0. The van der Waals surface area contributed by atoms with Gasteiger partial charge in [-0.25, -0.2) is 0 Å². The van der Waals surface area contributed by atoms with Crippen molar-refractivity contribution in [3.05, 3.63) is 176 Å². The third kappa shape index (κ3) is 4.34. The van der Waals surface area contributed by atoms with Gasteiger partial charge in [-0.05, 0) is 70.8 Å². The summed E-state index contributed by atoms with van der Waals surface area (Å²) in [6.45, 7) is 0. The minimum Gasteiger partial charge on any atom is -0.456 e. The molecular weight excluding hydrogens is 639 g/mol. The van der Waals surface area contributed by atoms with Crippen molar-refractivity contribution in [3.63, 3.8) is 0 Å². The second-order valence-electron chi connectivity index (χ2n) is 13.2. The van der Waals surface area contributed by atoms with E-state index in [4.69, 9.17) is 13.3 Å². The zero-order valence-corrected chi connectivity index (χ0v) is 27.9. The second kappa shape index (κ2) is 11.2. The van der Waals surface area contributed by atoms with E-state index in [-0.39, 0.29) is 0 Å². The molecule has 11 aromatic rings. The van der Waals surface area contributed by atoms with E-state index in [1.165, 1.54) is 11.1 Å². The molecule has 4 nitrogen and oxygen atoms in total. The van der Waals surface area contributed by atoms with Crippen molar-refractivity contribution >= 4 is 82.9 Å². The molecule has 0 aliphatic carbocycles. The topological polar surface area (TPSA) is 42.7 Å². The Morgan fingerprint density at radius 2 is 0.769 bits per heavy atom. The van der Waals surface area contributed by atoms with Crippen molar-refractivity contribution in [2.24, 2.45) is 0 Å². The highest BCUT2D eigenvalue weighted by atomic mass is 16.3. The van der Waals surface area contributed by atoms with Gasteiger partial charge in [0.15, 0.2) is 0 Å². The Labute approximate surface area is 298 Å². The Kier molecular flexibility index (Phi) is 6.22. The van der Waals surface area contributed by atoms with Gasteiger partial charge in [0.1, 0.15) is 33.5 Å². The fourth-order valence-corrected chi connectivity index (χ4v) is 7.89. The van der Waals surface area contributed by atoms with Crippen LogP contribution in [0.2, 0.25) is 0 Å². The van der Waals surface area contributed by atoms with Crippen LogP contribution in [0.25, 0.3) is 88.1 Å². The van der Waals surface area contributed by atoms with Crippen LogP contribution < -0.4 is 4.90 Å². The third-order valence-corrected chi connectivity index (χ3v) is 10.3. The Morgan fingerprint density at radius 3 is 1.37 bits per heavy atom. The molecule has 0 saturated carbocycles. The molecule has 0 radical (unpaired) electrons. The van der Waals surface area contributed by atoms with Gasteiger partial charge in [-0.15, -0.1) is 0 Å². The molecule has 0 fully saturated rings. The first-order chi connectivity index (χ1) is 25.8. The largest absolute Gasteiger partial charge is 0.456 e. The molecule has 0 bridgehead atoms. The lowest BCUT2D eigenvalue weighted by Gasteiger charge is -2.27. The number of nitrogens with zero attached hydrogens (tertiary/aromatic N) is 1. The summed E-state index contributed by atoms with van der Waals surface area (Å²) in [6.07, 6.45) is 0. The summed E-state index contributed by atoms with van der Waals surface area (Å²) in [6, 6.07) is 61.3. The van der Waals surface area contributed by atoms with E-state index in [1.807, 2.05) is 48.5 Å². The summed E-state index contributed by atoms with van der Waals surface area (Å²) in [5, 5.41) is 6.10. The third-order valence-electron chi connectivity index (χ3n) is 10.3. The summed E-state index contributed by atoms with van der Waals surface area (Å²) in [7, 11) is 0. The van der Waals surface area contributed by atoms with Crippen molar-refractivity contribution in [2.75, 3.05) is 4.90 Å². The van der Waals surface area contributed by atoms with Gasteiger partial charge in [0.25, 0.3) is 0 Å². The molecule has 11 rings (SSSR count). The summed E-state index contributed by atoms with van der Waals surface area (Å²) in [5.41, 5.74) is 12.5. The van der Waals surface area contributed by atoms with Gasteiger partial charge in [0, 0.05) is 39.0 Å². The van der Waals surface area contributed by atoms with Crippen LogP contribution in [0.15, 0.2) is 189 Å². The molecule has 4 heteroatoms. The highest BCUT2D eigenvalue weighted by Crippen LogP contribution is 2.50. The van der Waals surface area contributed by atoms with E-state index in [1.54, 1.807) is 0 Å². The first-order valence-corrected chi connectivity index (χ1v) is 17.5. The molecule has 52 heavy (non-hydrogen) atoms. The van der Waals surface area contributed by atoms with Crippen LogP contribution in [-0.4, -0.2) is 0 Å². The van der Waals surface area contributed by atoms with E-state index in [0.29, 0.717) is 0 Å². The Hall–Kier alpha value is -7.04. The maximum atomic E-state index is 6.87. The highest BCUT2D eigenvalue weighted by molar-refractivity contribution is 6.33. The highest BCUT2D eigenvalue weighted by Gasteiger charge is 2.26. The maximum absolute atomic E-state index is 6.87. The average molecular weight is 668 g/mol. The molecule has 0 aliphatic rings. The van der Waals surface area contributed by atoms with Crippen molar-refractivity contribution < 1.29 is 13.3 Å². The summed E-state index contributed by atoms with van der Waals surface area (Å²) < 4.78 is 20.0. The van der Waals surface area contributed by atoms with Crippen LogP contribution in [0.4, 0.5) is 17.1 Å². The molecule has 8 aromatic carbocycles. The average Bonchev–Trinajstić information content (AvgIpc) is 3.90. The van der Waals surface area contributed by atoms with E-state index >= 15 is 0 Å².